The Morgan fingerprint density at radius 3 is 2.52 bits per heavy atom. The number of nitrogens with zero attached hydrogens (tertiary/aromatic N) is 1. The molecule has 2 aromatic carbocycles. The van der Waals surface area contributed by atoms with Crippen LogP contribution in [-0.4, -0.2) is 11.0 Å². The number of rotatable bonds is 3. The lowest BCUT2D eigenvalue weighted by molar-refractivity contribution is -0.112. The normalized spacial score (nSPS) is 10.8. The van der Waals surface area contributed by atoms with Gasteiger partial charge in [0.05, 0.1) is 5.69 Å². The molecule has 2 rings (SSSR count). The third-order valence-corrected chi connectivity index (χ3v) is 3.42. The van der Waals surface area contributed by atoms with Crippen LogP contribution in [0.3, 0.4) is 0 Å². The van der Waals surface area contributed by atoms with Gasteiger partial charge in [0.25, 0.3) is 5.91 Å². The number of phenols is 1. The number of phenolic OH excluding ortho intramolecular Hbond substituents is 1. The van der Waals surface area contributed by atoms with E-state index in [4.69, 9.17) is 5.26 Å². The molecular formula is C16H11BrN2O2. The van der Waals surface area contributed by atoms with Crippen molar-refractivity contribution in [1.29, 1.82) is 5.26 Å². The highest BCUT2D eigenvalue weighted by Gasteiger charge is 2.11. The van der Waals surface area contributed by atoms with E-state index < -0.39 is 5.91 Å². The molecule has 0 aliphatic carbocycles. The molecule has 104 valence electrons. The predicted octanol–water partition coefficient (Wildman–Crippen LogP) is 3.70. The number of hydrogen-bond acceptors (Lipinski definition) is 3. The Bertz CT molecular complexity index is 748. The summed E-state index contributed by atoms with van der Waals surface area (Å²) in [7, 11) is 0. The molecule has 21 heavy (non-hydrogen) atoms. The molecule has 0 bridgehead atoms. The van der Waals surface area contributed by atoms with E-state index in [2.05, 4.69) is 21.2 Å². The van der Waals surface area contributed by atoms with Crippen LogP contribution in [0.5, 0.6) is 5.75 Å². The molecule has 4 nitrogen and oxygen atoms in total. The molecule has 0 aliphatic heterocycles. The van der Waals surface area contributed by atoms with Crippen molar-refractivity contribution in [2.45, 2.75) is 0 Å². The first-order valence-electron chi connectivity index (χ1n) is 6.07. The van der Waals surface area contributed by atoms with E-state index in [1.54, 1.807) is 36.4 Å². The van der Waals surface area contributed by atoms with Gasteiger partial charge in [-0.25, -0.2) is 0 Å². The van der Waals surface area contributed by atoms with Crippen molar-refractivity contribution in [3.05, 3.63) is 64.1 Å². The van der Waals surface area contributed by atoms with E-state index in [-0.39, 0.29) is 11.3 Å². The van der Waals surface area contributed by atoms with Gasteiger partial charge in [0.2, 0.25) is 0 Å². The van der Waals surface area contributed by atoms with Gasteiger partial charge in [-0.2, -0.15) is 5.26 Å². The van der Waals surface area contributed by atoms with Crippen LogP contribution in [0.1, 0.15) is 5.56 Å². The zero-order chi connectivity index (χ0) is 15.2. The number of carbonyl (C=O) groups is 1. The monoisotopic (exact) mass is 342 g/mol. The maximum absolute atomic E-state index is 12.1. The lowest BCUT2D eigenvalue weighted by Gasteiger charge is -2.06. The number of aromatic hydroxyl groups is 1. The fourth-order valence-electron chi connectivity index (χ4n) is 1.67. The zero-order valence-corrected chi connectivity index (χ0v) is 12.5. The summed E-state index contributed by atoms with van der Waals surface area (Å²) in [6, 6.07) is 15.4. The molecule has 0 aliphatic rings. The number of amides is 1. The van der Waals surface area contributed by atoms with Crippen molar-refractivity contribution in [3.8, 4) is 11.8 Å². The van der Waals surface area contributed by atoms with Crippen LogP contribution in [0.15, 0.2) is 58.6 Å². The van der Waals surface area contributed by atoms with Crippen LogP contribution in [0.4, 0.5) is 5.69 Å². The van der Waals surface area contributed by atoms with Gasteiger partial charge < -0.3 is 10.4 Å². The lowest BCUT2D eigenvalue weighted by Crippen LogP contribution is -2.13. The second kappa shape index (κ2) is 6.73. The number of hydrogen-bond donors (Lipinski definition) is 2. The Hall–Kier alpha value is -2.58. The third-order valence-electron chi connectivity index (χ3n) is 2.72. The van der Waals surface area contributed by atoms with Gasteiger partial charge in [-0.05, 0) is 40.2 Å². The van der Waals surface area contributed by atoms with Crippen molar-refractivity contribution in [3.63, 3.8) is 0 Å². The first-order chi connectivity index (χ1) is 10.1. The minimum atomic E-state index is -0.535. The van der Waals surface area contributed by atoms with Crippen LogP contribution in [-0.2, 0) is 4.79 Å². The molecule has 0 saturated carbocycles. The summed E-state index contributed by atoms with van der Waals surface area (Å²) in [5.41, 5.74) is 0.893. The second-order valence-electron chi connectivity index (χ2n) is 4.16. The van der Waals surface area contributed by atoms with E-state index >= 15 is 0 Å². The fourth-order valence-corrected chi connectivity index (χ4v) is 2.05. The van der Waals surface area contributed by atoms with Crippen LogP contribution >= 0.6 is 15.9 Å². The lowest BCUT2D eigenvalue weighted by atomic mass is 10.1. The molecule has 1 amide bonds. The number of anilines is 1. The van der Waals surface area contributed by atoms with Gasteiger partial charge in [-0.3, -0.25) is 4.79 Å². The SMILES string of the molecule is N#C/C(=C/c1ccccc1O)C(=O)Nc1ccccc1Br. The highest BCUT2D eigenvalue weighted by atomic mass is 79.9. The predicted molar refractivity (Wildman–Crippen MR) is 84.5 cm³/mol. The Morgan fingerprint density at radius 1 is 1.19 bits per heavy atom. The smallest absolute Gasteiger partial charge is 0.266 e. The largest absolute Gasteiger partial charge is 0.507 e. The standard InChI is InChI=1S/C16H11BrN2O2/c17-13-6-2-3-7-14(13)19-16(21)12(10-18)9-11-5-1-4-8-15(11)20/h1-9,20H,(H,19,21)/b12-9-. The summed E-state index contributed by atoms with van der Waals surface area (Å²) >= 11 is 3.32. The molecule has 0 saturated heterocycles. The molecule has 0 heterocycles. The van der Waals surface area contributed by atoms with Crippen LogP contribution in [0.2, 0.25) is 0 Å². The third kappa shape index (κ3) is 3.71. The van der Waals surface area contributed by atoms with Crippen molar-refractivity contribution in [2.75, 3.05) is 5.32 Å². The number of nitrogens with one attached hydrogen (secondary N) is 1. The van der Waals surface area contributed by atoms with Gasteiger partial charge in [0.1, 0.15) is 17.4 Å². The highest BCUT2D eigenvalue weighted by molar-refractivity contribution is 9.10. The first kappa shape index (κ1) is 14.8. The van der Waals surface area contributed by atoms with Crippen LogP contribution in [0.25, 0.3) is 6.08 Å². The summed E-state index contributed by atoms with van der Waals surface area (Å²) in [6.45, 7) is 0. The molecule has 2 aromatic rings. The summed E-state index contributed by atoms with van der Waals surface area (Å²) in [6.07, 6.45) is 1.35. The van der Waals surface area contributed by atoms with E-state index in [0.717, 1.165) is 4.47 Å². The number of benzene rings is 2. The van der Waals surface area contributed by atoms with Gasteiger partial charge in [0, 0.05) is 10.0 Å². The molecular weight excluding hydrogens is 332 g/mol. The van der Waals surface area contributed by atoms with Crippen molar-refractivity contribution >= 4 is 33.6 Å². The summed E-state index contributed by atoms with van der Waals surface area (Å²) < 4.78 is 0.721. The van der Waals surface area contributed by atoms with Gasteiger partial charge in [-0.15, -0.1) is 0 Å². The number of para-hydroxylation sites is 2. The van der Waals surface area contributed by atoms with Crippen molar-refractivity contribution in [1.82, 2.24) is 0 Å². The van der Waals surface area contributed by atoms with Gasteiger partial charge in [0.15, 0.2) is 0 Å². The molecule has 0 aromatic heterocycles. The maximum atomic E-state index is 12.1. The van der Waals surface area contributed by atoms with E-state index in [9.17, 15) is 9.90 Å². The molecule has 0 radical (unpaired) electrons. The maximum Gasteiger partial charge on any atom is 0.266 e. The average molecular weight is 343 g/mol. The highest BCUT2D eigenvalue weighted by Crippen LogP contribution is 2.23. The Kier molecular flexibility index (Phi) is 4.75. The number of carbonyl (C=O) groups excluding carboxylic acids is 1. The van der Waals surface area contributed by atoms with Crippen molar-refractivity contribution < 1.29 is 9.90 Å². The quantitative estimate of drug-likeness (QED) is 0.659. The molecule has 0 spiro atoms. The Labute approximate surface area is 130 Å². The molecule has 0 fully saturated rings. The van der Waals surface area contributed by atoms with Crippen molar-refractivity contribution in [2.24, 2.45) is 0 Å². The molecule has 0 atom stereocenters. The van der Waals surface area contributed by atoms with Gasteiger partial charge in [-0.1, -0.05) is 30.3 Å². The molecule has 2 N–H and O–H groups in total. The minimum absolute atomic E-state index is 0.0129. The van der Waals surface area contributed by atoms with Crippen LogP contribution in [0, 0.1) is 11.3 Å². The van der Waals surface area contributed by atoms with E-state index in [1.165, 1.54) is 12.1 Å². The topological polar surface area (TPSA) is 73.1 Å². The van der Waals surface area contributed by atoms with E-state index in [1.807, 2.05) is 12.1 Å². The minimum Gasteiger partial charge on any atom is -0.507 e. The van der Waals surface area contributed by atoms with Crippen LogP contribution < -0.4 is 5.32 Å². The summed E-state index contributed by atoms with van der Waals surface area (Å²) in [5.74, 6) is -0.522. The zero-order valence-electron chi connectivity index (χ0n) is 10.9. The average Bonchev–Trinajstić information content (AvgIpc) is 2.48. The number of nitriles is 1. The second-order valence-corrected chi connectivity index (χ2v) is 5.02. The fraction of sp³-hybridized carbons (Fsp3) is 0. The van der Waals surface area contributed by atoms with E-state index in [0.29, 0.717) is 11.3 Å². The molecule has 5 heteroatoms. The summed E-state index contributed by atoms with van der Waals surface area (Å²) in [5, 5.41) is 21.4. The van der Waals surface area contributed by atoms with Gasteiger partial charge >= 0.3 is 0 Å². The number of halogens is 1. The Morgan fingerprint density at radius 2 is 1.86 bits per heavy atom. The summed E-state index contributed by atoms with van der Waals surface area (Å²) in [4.78, 5) is 12.1. The molecule has 0 unspecified atom stereocenters. The Balaban J connectivity index is 2.26. The first-order valence-corrected chi connectivity index (χ1v) is 6.87.